The molecule has 4 aromatic rings. The molecule has 1 amide bonds. The first kappa shape index (κ1) is 23.2. The van der Waals surface area contributed by atoms with E-state index in [1.54, 1.807) is 19.2 Å². The quantitative estimate of drug-likeness (QED) is 0.369. The van der Waals surface area contributed by atoms with Gasteiger partial charge in [0.05, 0.1) is 11.1 Å². The Morgan fingerprint density at radius 2 is 1.74 bits per heavy atom. The molecule has 0 bridgehead atoms. The van der Waals surface area contributed by atoms with E-state index in [1.165, 1.54) is 24.5 Å². The normalized spacial score (nSPS) is 11.4. The first-order chi connectivity index (χ1) is 16.3. The van der Waals surface area contributed by atoms with Crippen LogP contribution in [0.25, 0.3) is 22.0 Å². The monoisotopic (exact) mass is 468 g/mol. The van der Waals surface area contributed by atoms with Gasteiger partial charge in [-0.1, -0.05) is 18.2 Å². The number of aromatic nitrogens is 2. The van der Waals surface area contributed by atoms with Crippen LogP contribution in [0.5, 0.6) is 0 Å². The number of carbonyl (C=O) groups is 1. The second-order valence-corrected chi connectivity index (χ2v) is 7.59. The summed E-state index contributed by atoms with van der Waals surface area (Å²) >= 11 is 0. The number of amides is 1. The highest BCUT2D eigenvalue weighted by Crippen LogP contribution is 2.30. The summed E-state index contributed by atoms with van der Waals surface area (Å²) in [4.78, 5) is 20.7. The molecule has 0 aliphatic heterocycles. The molecule has 0 atom stereocenters. The predicted molar refractivity (Wildman–Crippen MR) is 122 cm³/mol. The molecule has 0 spiro atoms. The molecule has 0 aliphatic rings. The van der Waals surface area contributed by atoms with Crippen molar-refractivity contribution in [1.29, 1.82) is 0 Å². The van der Waals surface area contributed by atoms with Crippen molar-refractivity contribution in [1.82, 2.24) is 15.3 Å². The molecule has 0 saturated carbocycles. The molecule has 0 fully saturated rings. The average molecular weight is 468 g/mol. The lowest BCUT2D eigenvalue weighted by Crippen LogP contribution is -2.26. The van der Waals surface area contributed by atoms with Gasteiger partial charge in [-0.2, -0.15) is 13.2 Å². The van der Waals surface area contributed by atoms with Gasteiger partial charge in [-0.3, -0.25) is 4.79 Å². The molecule has 0 radical (unpaired) electrons. The third kappa shape index (κ3) is 4.98. The second-order valence-electron chi connectivity index (χ2n) is 7.59. The van der Waals surface area contributed by atoms with Crippen molar-refractivity contribution in [3.05, 3.63) is 89.5 Å². The summed E-state index contributed by atoms with van der Waals surface area (Å²) in [7, 11) is 1.76. The van der Waals surface area contributed by atoms with Gasteiger partial charge in [-0.05, 0) is 65.6 Å². The van der Waals surface area contributed by atoms with Gasteiger partial charge in [0, 0.05) is 24.5 Å². The largest absolute Gasteiger partial charge is 0.416 e. The number of benzene rings is 3. The Kier molecular flexibility index (Phi) is 6.45. The number of rotatable bonds is 6. The average Bonchev–Trinajstić information content (AvgIpc) is 2.84. The van der Waals surface area contributed by atoms with Gasteiger partial charge < -0.3 is 10.6 Å². The van der Waals surface area contributed by atoms with Crippen LogP contribution in [0.2, 0.25) is 0 Å². The Morgan fingerprint density at radius 3 is 2.50 bits per heavy atom. The maximum Gasteiger partial charge on any atom is 0.416 e. The first-order valence-electron chi connectivity index (χ1n) is 10.4. The van der Waals surface area contributed by atoms with Crippen LogP contribution in [0, 0.1) is 5.82 Å². The topological polar surface area (TPSA) is 66.9 Å². The Morgan fingerprint density at radius 1 is 0.971 bits per heavy atom. The molecule has 4 rings (SSSR count). The Balaban J connectivity index is 1.49. The van der Waals surface area contributed by atoms with Gasteiger partial charge in [0.25, 0.3) is 5.91 Å². The molecule has 1 heterocycles. The molecule has 3 aromatic carbocycles. The number of anilines is 1. The van der Waals surface area contributed by atoms with E-state index in [0.717, 1.165) is 34.2 Å². The lowest BCUT2D eigenvalue weighted by atomic mass is 9.99. The molecule has 9 heteroatoms. The fraction of sp³-hybridized carbons (Fsp3) is 0.160. The van der Waals surface area contributed by atoms with Crippen molar-refractivity contribution >= 4 is 22.6 Å². The molecule has 0 unspecified atom stereocenters. The standard InChI is InChI=1S/C25H20F4N4O/c1-30-23-20-13-16(6-8-22(20)32-14-33-23)15-5-7-21(26)17(11-15)9-10-31-24(34)18-3-2-4-19(12-18)25(27,28)29/h2-8,11-14H,9-10H2,1H3,(H,31,34)(H,30,32,33). The van der Waals surface area contributed by atoms with Gasteiger partial charge >= 0.3 is 6.18 Å². The van der Waals surface area contributed by atoms with Crippen molar-refractivity contribution in [2.24, 2.45) is 0 Å². The number of nitrogens with one attached hydrogen (secondary N) is 2. The van der Waals surface area contributed by atoms with Crippen LogP contribution in [-0.4, -0.2) is 29.5 Å². The summed E-state index contributed by atoms with van der Waals surface area (Å²) in [5, 5.41) is 6.39. The lowest BCUT2D eigenvalue weighted by Gasteiger charge is -2.11. The molecular formula is C25H20F4N4O. The molecule has 2 N–H and O–H groups in total. The molecule has 34 heavy (non-hydrogen) atoms. The minimum Gasteiger partial charge on any atom is -0.373 e. The van der Waals surface area contributed by atoms with Gasteiger partial charge in [0.2, 0.25) is 0 Å². The molecule has 174 valence electrons. The Hall–Kier alpha value is -4.01. The minimum atomic E-state index is -4.54. The fourth-order valence-corrected chi connectivity index (χ4v) is 3.63. The number of carbonyl (C=O) groups excluding carboxylic acids is 1. The molecule has 0 aliphatic carbocycles. The van der Waals surface area contributed by atoms with E-state index in [0.29, 0.717) is 11.4 Å². The number of hydrogen-bond acceptors (Lipinski definition) is 4. The van der Waals surface area contributed by atoms with Crippen LogP contribution in [0.4, 0.5) is 23.4 Å². The highest BCUT2D eigenvalue weighted by molar-refractivity contribution is 5.94. The summed E-state index contributed by atoms with van der Waals surface area (Å²) in [5.41, 5.74) is 1.74. The molecule has 0 saturated heterocycles. The number of nitrogens with zero attached hydrogens (tertiary/aromatic N) is 2. The van der Waals surface area contributed by atoms with E-state index in [1.807, 2.05) is 18.2 Å². The Labute approximate surface area is 192 Å². The van der Waals surface area contributed by atoms with Crippen molar-refractivity contribution in [2.45, 2.75) is 12.6 Å². The zero-order valence-corrected chi connectivity index (χ0v) is 18.1. The number of alkyl halides is 3. The van der Waals surface area contributed by atoms with E-state index < -0.39 is 23.5 Å². The lowest BCUT2D eigenvalue weighted by molar-refractivity contribution is -0.137. The maximum atomic E-state index is 14.4. The number of halogens is 4. The number of hydrogen-bond donors (Lipinski definition) is 2. The third-order valence-corrected chi connectivity index (χ3v) is 5.38. The van der Waals surface area contributed by atoms with Crippen LogP contribution in [0.15, 0.2) is 67.0 Å². The van der Waals surface area contributed by atoms with Crippen LogP contribution in [-0.2, 0) is 12.6 Å². The van der Waals surface area contributed by atoms with Crippen molar-refractivity contribution in [2.75, 3.05) is 18.9 Å². The molecule has 1 aromatic heterocycles. The van der Waals surface area contributed by atoms with Gasteiger partial charge in [0.1, 0.15) is 18.0 Å². The highest BCUT2D eigenvalue weighted by atomic mass is 19.4. The van der Waals surface area contributed by atoms with E-state index in [9.17, 15) is 22.4 Å². The van der Waals surface area contributed by atoms with E-state index in [4.69, 9.17) is 0 Å². The zero-order chi connectivity index (χ0) is 24.3. The van der Waals surface area contributed by atoms with E-state index in [2.05, 4.69) is 20.6 Å². The van der Waals surface area contributed by atoms with Gasteiger partial charge in [0.15, 0.2) is 0 Å². The third-order valence-electron chi connectivity index (χ3n) is 5.38. The van der Waals surface area contributed by atoms with Crippen LogP contribution >= 0.6 is 0 Å². The fourth-order valence-electron chi connectivity index (χ4n) is 3.63. The van der Waals surface area contributed by atoms with E-state index >= 15 is 0 Å². The first-order valence-corrected chi connectivity index (χ1v) is 10.4. The van der Waals surface area contributed by atoms with Crippen molar-refractivity contribution in [3.8, 4) is 11.1 Å². The van der Waals surface area contributed by atoms with Crippen molar-refractivity contribution in [3.63, 3.8) is 0 Å². The van der Waals surface area contributed by atoms with Crippen LogP contribution in [0.1, 0.15) is 21.5 Å². The highest BCUT2D eigenvalue weighted by Gasteiger charge is 2.30. The maximum absolute atomic E-state index is 14.4. The zero-order valence-electron chi connectivity index (χ0n) is 18.1. The minimum absolute atomic E-state index is 0.0604. The summed E-state index contributed by atoms with van der Waals surface area (Å²) < 4.78 is 53.0. The molecule has 5 nitrogen and oxygen atoms in total. The Bertz CT molecular complexity index is 1350. The summed E-state index contributed by atoms with van der Waals surface area (Å²) in [6, 6.07) is 14.5. The van der Waals surface area contributed by atoms with Gasteiger partial charge in [-0.25, -0.2) is 14.4 Å². The predicted octanol–water partition coefficient (Wildman–Crippen LogP) is 5.47. The van der Waals surface area contributed by atoms with Crippen LogP contribution < -0.4 is 10.6 Å². The smallest absolute Gasteiger partial charge is 0.373 e. The SMILES string of the molecule is CNc1ncnc2ccc(-c3ccc(F)c(CCNC(=O)c4cccc(C(F)(F)F)c4)c3)cc12. The van der Waals surface area contributed by atoms with Crippen LogP contribution in [0.3, 0.4) is 0 Å². The summed E-state index contributed by atoms with van der Waals surface area (Å²) in [5.74, 6) is -0.416. The number of fused-ring (bicyclic) bond motifs is 1. The van der Waals surface area contributed by atoms with Crippen molar-refractivity contribution < 1.29 is 22.4 Å². The molecular weight excluding hydrogens is 448 g/mol. The summed E-state index contributed by atoms with van der Waals surface area (Å²) in [6.45, 7) is 0.0604. The van der Waals surface area contributed by atoms with E-state index in [-0.39, 0.29) is 18.5 Å². The second kappa shape index (κ2) is 9.46. The summed E-state index contributed by atoms with van der Waals surface area (Å²) in [6.07, 6.45) is -2.90. The van der Waals surface area contributed by atoms with Gasteiger partial charge in [-0.15, -0.1) is 0 Å².